The van der Waals surface area contributed by atoms with Gasteiger partial charge in [-0.3, -0.25) is 0 Å². The van der Waals surface area contributed by atoms with Gasteiger partial charge in [-0.1, -0.05) is 358 Å². The van der Waals surface area contributed by atoms with Gasteiger partial charge < -0.3 is 37.9 Å². The Morgan fingerprint density at radius 3 is 1.01 bits per heavy atom. The molecule has 0 fully saturated rings. The highest BCUT2D eigenvalue weighted by atomic mass is 28.3. The lowest BCUT2D eigenvalue weighted by Crippen LogP contribution is -2.37. The first-order chi connectivity index (χ1) is 69.9. The third kappa shape index (κ3) is 15.3. The fourth-order valence-electron chi connectivity index (χ4n) is 22.0. The Balaban J connectivity index is 0.000000151. The molecule has 2 aliphatic heterocycles. The highest BCUT2D eigenvalue weighted by Gasteiger charge is 2.35. The van der Waals surface area contributed by atoms with Crippen molar-refractivity contribution in [3.63, 3.8) is 0 Å². The van der Waals surface area contributed by atoms with Gasteiger partial charge in [0.25, 0.3) is 0 Å². The van der Waals surface area contributed by atoms with Gasteiger partial charge in [0.1, 0.15) is 34.2 Å². The minimum absolute atomic E-state index is 0.0959. The van der Waals surface area contributed by atoms with Crippen LogP contribution in [0.15, 0.2) is 446 Å². The molecular formula is C134H108N4O4Si2. The van der Waals surface area contributed by atoms with Crippen LogP contribution in [0.5, 0.6) is 23.0 Å². The molecule has 24 aromatic rings. The summed E-state index contributed by atoms with van der Waals surface area (Å²) in [6.07, 6.45) is 0. The first kappa shape index (κ1) is 88.6. The number of para-hydroxylation sites is 10. The number of ether oxygens (including phenoxy) is 2. The van der Waals surface area contributed by atoms with Gasteiger partial charge in [0, 0.05) is 106 Å². The minimum Gasteiger partial charge on any atom is -0.456 e. The monoisotopic (exact) mass is 1890 g/mol. The molecule has 0 N–H and O–H groups in total. The van der Waals surface area contributed by atoms with Gasteiger partial charge in [-0.15, -0.1) is 0 Å². The van der Waals surface area contributed by atoms with Gasteiger partial charge in [-0.25, -0.2) is 0 Å². The molecule has 0 spiro atoms. The third-order valence-corrected chi connectivity index (χ3v) is 33.5. The van der Waals surface area contributed by atoms with Crippen LogP contribution in [0.4, 0.5) is 68.2 Å². The SMILES string of the molecule is CC(C)(C)c1ccc2c(N(c3ccccc3)c3cccc4c3oc3ccccc34)cc3c4cc(C(C)(C)C)cc5c4c(cc3c2c1)-c1ccc(N(c2ccccc2)c2cccc3c2oc2ccccc23)cc1O5.C[Si](C)(C)c1ccc2c(N(c3ccccc3)c3ccccc3-c3ccccc3)cc3c4cc([Si](C)(C)C)cc5c4c(cc3c2c1)-c1ccc(N(c2ccccc2)c2ccccc2-c2ccccc2)cc1O5. The topological polar surface area (TPSA) is 57.7 Å². The van der Waals surface area contributed by atoms with Crippen LogP contribution >= 0.6 is 0 Å². The predicted octanol–water partition coefficient (Wildman–Crippen LogP) is 38.5. The lowest BCUT2D eigenvalue weighted by molar-refractivity contribution is 0.483. The number of hydrogen-bond acceptors (Lipinski definition) is 8. The van der Waals surface area contributed by atoms with Crippen LogP contribution in [0.25, 0.3) is 153 Å². The number of anilines is 12. The van der Waals surface area contributed by atoms with E-state index in [0.717, 1.165) is 184 Å². The normalized spacial score (nSPS) is 12.4. The molecule has 0 saturated carbocycles. The second kappa shape index (κ2) is 34.6. The van der Waals surface area contributed by atoms with Crippen LogP contribution < -0.4 is 39.4 Å². The Morgan fingerprint density at radius 2 is 0.542 bits per heavy atom. The van der Waals surface area contributed by atoms with Gasteiger partial charge in [-0.2, -0.15) is 0 Å². The zero-order valence-corrected chi connectivity index (χ0v) is 85.0. The molecule has 4 heterocycles. The number of fused-ring (bicyclic) bond motifs is 18. The van der Waals surface area contributed by atoms with Crippen molar-refractivity contribution in [3.05, 3.63) is 448 Å². The molecule has 0 radical (unpaired) electrons. The average molecular weight is 1890 g/mol. The first-order valence-electron chi connectivity index (χ1n) is 50.1. The van der Waals surface area contributed by atoms with E-state index < -0.39 is 16.1 Å². The quantitative estimate of drug-likeness (QED) is 0.0701. The molecule has 2 aliphatic rings. The summed E-state index contributed by atoms with van der Waals surface area (Å²) in [6, 6.07) is 159. The summed E-state index contributed by atoms with van der Waals surface area (Å²) in [5.41, 5.74) is 27.5. The largest absolute Gasteiger partial charge is 0.456 e. The molecule has 0 atom stereocenters. The third-order valence-electron chi connectivity index (χ3n) is 29.4. The summed E-state index contributed by atoms with van der Waals surface area (Å²) in [5.74, 6) is 3.44. The van der Waals surface area contributed by atoms with Gasteiger partial charge in [0.2, 0.25) is 0 Å². The summed E-state index contributed by atoms with van der Waals surface area (Å²) in [4.78, 5) is 9.56. The Kier molecular flexibility index (Phi) is 21.3. The van der Waals surface area contributed by atoms with Crippen molar-refractivity contribution in [3.8, 4) is 67.5 Å². The molecule has 0 bridgehead atoms. The van der Waals surface area contributed by atoms with E-state index in [1.165, 1.54) is 81.5 Å². The number of hydrogen-bond donors (Lipinski definition) is 0. The van der Waals surface area contributed by atoms with Crippen molar-refractivity contribution in [2.75, 3.05) is 19.6 Å². The van der Waals surface area contributed by atoms with Crippen LogP contribution in [0.3, 0.4) is 0 Å². The molecule has 144 heavy (non-hydrogen) atoms. The van der Waals surface area contributed by atoms with Crippen LogP contribution in [0.1, 0.15) is 52.7 Å². The highest BCUT2D eigenvalue weighted by Crippen LogP contribution is 2.59. The Morgan fingerprint density at radius 1 is 0.194 bits per heavy atom. The fourth-order valence-corrected chi connectivity index (χ4v) is 24.3. The number of furan rings is 2. The van der Waals surface area contributed by atoms with E-state index in [1.807, 2.05) is 18.2 Å². The van der Waals surface area contributed by atoms with E-state index in [4.69, 9.17) is 18.3 Å². The van der Waals surface area contributed by atoms with Crippen molar-refractivity contribution in [2.24, 2.45) is 0 Å². The molecule has 0 aliphatic carbocycles. The zero-order valence-electron chi connectivity index (χ0n) is 83.0. The summed E-state index contributed by atoms with van der Waals surface area (Å²) in [7, 11) is -3.65. The molecule has 0 amide bonds. The van der Waals surface area contributed by atoms with Crippen LogP contribution in [-0.4, -0.2) is 16.1 Å². The molecule has 10 heteroatoms. The van der Waals surface area contributed by atoms with E-state index in [9.17, 15) is 0 Å². The van der Waals surface area contributed by atoms with Gasteiger partial charge >= 0.3 is 0 Å². The van der Waals surface area contributed by atoms with Crippen LogP contribution in [0, 0.1) is 0 Å². The average Bonchev–Trinajstić information content (AvgIpc) is 0.944. The van der Waals surface area contributed by atoms with E-state index in [-0.39, 0.29) is 10.8 Å². The summed E-state index contributed by atoms with van der Waals surface area (Å²) < 4.78 is 28.1. The molecule has 26 rings (SSSR count). The summed E-state index contributed by atoms with van der Waals surface area (Å²) >= 11 is 0. The van der Waals surface area contributed by atoms with Crippen molar-refractivity contribution in [2.45, 2.75) is 91.7 Å². The van der Waals surface area contributed by atoms with Crippen molar-refractivity contribution >= 4 is 203 Å². The first-order valence-corrected chi connectivity index (χ1v) is 57.1. The molecular weight excluding hydrogens is 1790 g/mol. The van der Waals surface area contributed by atoms with Crippen molar-refractivity contribution < 1.29 is 18.3 Å². The second-order valence-electron chi connectivity index (χ2n) is 42.7. The predicted molar refractivity (Wildman–Crippen MR) is 616 cm³/mol. The van der Waals surface area contributed by atoms with Gasteiger partial charge in [-0.05, 0) is 245 Å². The maximum absolute atomic E-state index is 7.33. The Hall–Kier alpha value is -16.8. The van der Waals surface area contributed by atoms with Gasteiger partial charge in [0.05, 0.1) is 56.0 Å². The molecule has 0 unspecified atom stereocenters. The zero-order chi connectivity index (χ0) is 97.8. The molecule has 696 valence electrons. The Labute approximate surface area is 842 Å². The fraction of sp³-hybridized carbons (Fsp3) is 0.104. The number of nitrogens with zero attached hydrogens (tertiary/aromatic N) is 4. The second-order valence-corrected chi connectivity index (χ2v) is 52.8. The van der Waals surface area contributed by atoms with Crippen LogP contribution in [-0.2, 0) is 10.8 Å². The lowest BCUT2D eigenvalue weighted by Gasteiger charge is -2.31. The van der Waals surface area contributed by atoms with E-state index in [2.05, 4.69) is 519 Å². The smallest absolute Gasteiger partial charge is 0.159 e. The Bertz CT molecular complexity index is 9260. The van der Waals surface area contributed by atoms with E-state index in [0.29, 0.717) is 0 Å². The molecule has 8 nitrogen and oxygen atoms in total. The highest BCUT2D eigenvalue weighted by molar-refractivity contribution is 6.89. The molecule has 2 aromatic heterocycles. The van der Waals surface area contributed by atoms with E-state index >= 15 is 0 Å². The van der Waals surface area contributed by atoms with Crippen molar-refractivity contribution in [1.82, 2.24) is 0 Å². The molecule has 0 saturated heterocycles. The summed E-state index contributed by atoms with van der Waals surface area (Å²) in [6.45, 7) is 28.5. The minimum atomic E-state index is -1.89. The maximum atomic E-state index is 7.33. The van der Waals surface area contributed by atoms with E-state index in [1.54, 1.807) is 0 Å². The number of benzene rings is 22. The van der Waals surface area contributed by atoms with Crippen molar-refractivity contribution in [1.29, 1.82) is 0 Å². The standard InChI is InChI=1S/C68H52N2O3.C66H56N2OSi2/c1-67(2,3)41-31-33-46-52(35-41)53-39-56-49-34-32-45(69(43-19-9-7-10-20-43)57-27-17-25-50-47-23-13-15-29-60(47)72-65(50)57)38-62(49)71-63-37-42(68(4,5)6)36-55(64(56)63)54(53)40-59(46)70(44-21-11-8-12-22-44)58-28-18-26-51-48-24-14-16-30-61(48)73-66(51)58;1-70(2,3)50-36-38-54-56(40-50)57-43-60-55-37-35-49(67(47-27-15-9-16-28-47)61-33-21-19-31-52(61)45-23-11-7-12-24-45)39-64(55)69-65-42-51(71(4,5)6)41-59(66(60)65)58(57)44-63(54)68(48-29-17-10-18-30-48)62-34-22-20-32-53(62)46-25-13-8-14-26-46/h7-40H,1-6H3;7-44H,1-6H3. The summed E-state index contributed by atoms with van der Waals surface area (Å²) in [5, 5.41) is 21.5. The number of rotatable bonds is 16. The lowest BCUT2D eigenvalue weighted by atomic mass is 9.81. The van der Waals surface area contributed by atoms with Gasteiger partial charge in [0.15, 0.2) is 11.2 Å². The van der Waals surface area contributed by atoms with Crippen LogP contribution in [0.2, 0.25) is 39.3 Å². The maximum Gasteiger partial charge on any atom is 0.159 e. The molecule has 22 aromatic carbocycles.